The standard InChI is InChI=1S/C8H8N4O2S/c1-4-5(6(13)10-3-9)7(15-2)12-8(14)11-4/h1-2H3,(H,10,13)(H,11,12,14). The number of aryl methyl sites for hydroxylation is 1. The van der Waals surface area contributed by atoms with Gasteiger partial charge in [-0.3, -0.25) is 10.1 Å². The van der Waals surface area contributed by atoms with Crippen LogP contribution in [0.4, 0.5) is 0 Å². The van der Waals surface area contributed by atoms with Crippen molar-refractivity contribution in [1.29, 1.82) is 5.26 Å². The summed E-state index contributed by atoms with van der Waals surface area (Å²) < 4.78 is 0. The van der Waals surface area contributed by atoms with E-state index < -0.39 is 11.6 Å². The molecule has 0 saturated heterocycles. The molecule has 6 nitrogen and oxygen atoms in total. The Hall–Kier alpha value is -1.81. The van der Waals surface area contributed by atoms with E-state index in [1.807, 2.05) is 5.32 Å². The molecule has 1 aromatic rings. The summed E-state index contributed by atoms with van der Waals surface area (Å²) in [6.07, 6.45) is 3.23. The predicted octanol–water partition coefficient (Wildman–Crippen LogP) is 0.0111. The molecule has 0 bridgehead atoms. The molecular weight excluding hydrogens is 216 g/mol. The molecule has 1 amide bonds. The largest absolute Gasteiger partial charge is 0.346 e. The molecule has 0 aromatic carbocycles. The second kappa shape index (κ2) is 4.61. The Morgan fingerprint density at radius 2 is 2.33 bits per heavy atom. The Balaban J connectivity index is 3.34. The van der Waals surface area contributed by atoms with Crippen LogP contribution < -0.4 is 11.0 Å². The highest BCUT2D eigenvalue weighted by atomic mass is 32.2. The summed E-state index contributed by atoms with van der Waals surface area (Å²) in [4.78, 5) is 28.5. The third kappa shape index (κ3) is 2.35. The molecule has 0 unspecified atom stereocenters. The monoisotopic (exact) mass is 224 g/mol. The van der Waals surface area contributed by atoms with Crippen LogP contribution in [0.1, 0.15) is 16.1 Å². The van der Waals surface area contributed by atoms with E-state index in [1.165, 1.54) is 18.0 Å². The number of hydrogen-bond donors (Lipinski definition) is 2. The van der Waals surface area contributed by atoms with Gasteiger partial charge in [-0.05, 0) is 13.2 Å². The Labute approximate surface area is 89.7 Å². The van der Waals surface area contributed by atoms with Gasteiger partial charge in [-0.2, -0.15) is 10.2 Å². The number of nitriles is 1. The molecule has 0 saturated carbocycles. The average molecular weight is 224 g/mol. The number of nitrogens with zero attached hydrogens (tertiary/aromatic N) is 2. The van der Waals surface area contributed by atoms with Crippen LogP contribution >= 0.6 is 11.8 Å². The highest BCUT2D eigenvalue weighted by Crippen LogP contribution is 2.17. The lowest BCUT2D eigenvalue weighted by Gasteiger charge is -2.05. The highest BCUT2D eigenvalue weighted by molar-refractivity contribution is 7.98. The lowest BCUT2D eigenvalue weighted by molar-refractivity contribution is 0.0968. The molecule has 7 heteroatoms. The fourth-order valence-corrected chi connectivity index (χ4v) is 1.71. The third-order valence-electron chi connectivity index (χ3n) is 1.68. The summed E-state index contributed by atoms with van der Waals surface area (Å²) in [5.41, 5.74) is 0.112. The van der Waals surface area contributed by atoms with E-state index in [4.69, 9.17) is 5.26 Å². The second-order valence-corrected chi connectivity index (χ2v) is 3.41. The Kier molecular flexibility index (Phi) is 3.46. The van der Waals surface area contributed by atoms with Gasteiger partial charge >= 0.3 is 5.69 Å². The van der Waals surface area contributed by atoms with Gasteiger partial charge in [0.05, 0.1) is 5.56 Å². The van der Waals surface area contributed by atoms with E-state index in [1.54, 1.807) is 13.2 Å². The van der Waals surface area contributed by atoms with Crippen LogP contribution in [0.3, 0.4) is 0 Å². The van der Waals surface area contributed by atoms with Gasteiger partial charge in [0.1, 0.15) is 5.03 Å². The molecule has 78 valence electrons. The number of carbonyl (C=O) groups excluding carboxylic acids is 1. The van der Waals surface area contributed by atoms with Crippen LogP contribution in [0.25, 0.3) is 0 Å². The van der Waals surface area contributed by atoms with E-state index >= 15 is 0 Å². The molecule has 1 aromatic heterocycles. The number of thioether (sulfide) groups is 1. The summed E-state index contributed by atoms with van der Waals surface area (Å²) in [7, 11) is 0. The van der Waals surface area contributed by atoms with Gasteiger partial charge in [-0.25, -0.2) is 4.79 Å². The molecule has 0 radical (unpaired) electrons. The highest BCUT2D eigenvalue weighted by Gasteiger charge is 2.16. The molecule has 0 aliphatic heterocycles. The fraction of sp³-hybridized carbons (Fsp3) is 0.250. The second-order valence-electron chi connectivity index (χ2n) is 2.62. The van der Waals surface area contributed by atoms with Crippen molar-refractivity contribution < 1.29 is 4.79 Å². The van der Waals surface area contributed by atoms with Crippen molar-refractivity contribution in [2.45, 2.75) is 11.9 Å². The number of rotatable bonds is 2. The minimum Gasteiger partial charge on any atom is -0.309 e. The Morgan fingerprint density at radius 1 is 1.67 bits per heavy atom. The van der Waals surface area contributed by atoms with Gasteiger partial charge in [-0.1, -0.05) is 0 Å². The number of H-pyrrole nitrogens is 1. The zero-order valence-electron chi connectivity index (χ0n) is 8.12. The maximum absolute atomic E-state index is 11.4. The number of nitrogens with one attached hydrogen (secondary N) is 2. The van der Waals surface area contributed by atoms with Crippen LogP contribution in [0.2, 0.25) is 0 Å². The third-order valence-corrected chi connectivity index (χ3v) is 2.36. The molecule has 15 heavy (non-hydrogen) atoms. The normalized spacial score (nSPS) is 9.40. The van der Waals surface area contributed by atoms with Gasteiger partial charge in [0.2, 0.25) is 0 Å². The lowest BCUT2D eigenvalue weighted by Crippen LogP contribution is -2.24. The Morgan fingerprint density at radius 3 is 2.87 bits per heavy atom. The first-order chi connectivity index (χ1) is 7.10. The van der Waals surface area contributed by atoms with Gasteiger partial charge < -0.3 is 4.98 Å². The SMILES string of the molecule is CSc1nc(=O)[nH]c(C)c1C(=O)NC#N. The van der Waals surface area contributed by atoms with E-state index in [9.17, 15) is 9.59 Å². The number of amides is 1. The van der Waals surface area contributed by atoms with E-state index in [0.29, 0.717) is 10.7 Å². The number of aromatic amines is 1. The smallest absolute Gasteiger partial charge is 0.309 e. The van der Waals surface area contributed by atoms with Gasteiger partial charge in [0.25, 0.3) is 5.91 Å². The van der Waals surface area contributed by atoms with Gasteiger partial charge in [0, 0.05) is 5.69 Å². The van der Waals surface area contributed by atoms with Crippen molar-refractivity contribution in [3.05, 3.63) is 21.7 Å². The summed E-state index contributed by atoms with van der Waals surface area (Å²) in [5.74, 6) is -0.567. The maximum Gasteiger partial charge on any atom is 0.346 e. The Bertz CT molecular complexity index is 488. The zero-order chi connectivity index (χ0) is 11.4. The topological polar surface area (TPSA) is 98.6 Å². The first-order valence-corrected chi connectivity index (χ1v) is 5.17. The number of hydrogen-bond acceptors (Lipinski definition) is 5. The van der Waals surface area contributed by atoms with Crippen LogP contribution in [-0.2, 0) is 0 Å². The molecule has 0 atom stereocenters. The zero-order valence-corrected chi connectivity index (χ0v) is 8.94. The first kappa shape index (κ1) is 11.3. The van der Waals surface area contributed by atoms with E-state index in [0.717, 1.165) is 0 Å². The number of carbonyl (C=O) groups is 1. The summed E-state index contributed by atoms with van der Waals surface area (Å²) in [6, 6.07) is 0. The van der Waals surface area contributed by atoms with Crippen molar-refractivity contribution in [2.24, 2.45) is 0 Å². The van der Waals surface area contributed by atoms with Crippen molar-refractivity contribution in [3.8, 4) is 6.19 Å². The maximum atomic E-state index is 11.4. The molecule has 0 aliphatic carbocycles. The van der Waals surface area contributed by atoms with Gasteiger partial charge in [-0.15, -0.1) is 11.8 Å². The van der Waals surface area contributed by atoms with Crippen LogP contribution in [0.5, 0.6) is 0 Å². The molecule has 0 spiro atoms. The molecular formula is C8H8N4O2S. The van der Waals surface area contributed by atoms with Crippen LogP contribution in [-0.4, -0.2) is 22.1 Å². The van der Waals surface area contributed by atoms with Crippen molar-refractivity contribution in [1.82, 2.24) is 15.3 Å². The van der Waals surface area contributed by atoms with Crippen molar-refractivity contribution in [2.75, 3.05) is 6.26 Å². The molecule has 0 fully saturated rings. The van der Waals surface area contributed by atoms with Crippen LogP contribution in [0.15, 0.2) is 9.82 Å². The first-order valence-electron chi connectivity index (χ1n) is 3.94. The fourth-order valence-electron chi connectivity index (χ4n) is 1.09. The molecule has 2 N–H and O–H groups in total. The lowest BCUT2D eigenvalue weighted by atomic mass is 10.2. The molecule has 1 heterocycles. The average Bonchev–Trinajstić information content (AvgIpc) is 2.16. The summed E-state index contributed by atoms with van der Waals surface area (Å²) in [6.45, 7) is 1.58. The quantitative estimate of drug-likeness (QED) is 0.319. The molecule has 0 aliphatic rings. The van der Waals surface area contributed by atoms with Crippen LogP contribution in [0, 0.1) is 18.4 Å². The van der Waals surface area contributed by atoms with E-state index in [2.05, 4.69) is 9.97 Å². The minimum absolute atomic E-state index is 0.226. The summed E-state index contributed by atoms with van der Waals surface area (Å²) >= 11 is 1.18. The predicted molar refractivity (Wildman–Crippen MR) is 54.5 cm³/mol. The van der Waals surface area contributed by atoms with Crippen molar-refractivity contribution in [3.63, 3.8) is 0 Å². The van der Waals surface area contributed by atoms with Gasteiger partial charge in [0.15, 0.2) is 6.19 Å². The van der Waals surface area contributed by atoms with Crippen molar-refractivity contribution >= 4 is 17.7 Å². The minimum atomic E-state index is -0.567. The molecule has 1 rings (SSSR count). The number of aromatic nitrogens is 2. The van der Waals surface area contributed by atoms with E-state index in [-0.39, 0.29) is 5.56 Å². The summed E-state index contributed by atoms with van der Waals surface area (Å²) in [5, 5.41) is 10.6.